The van der Waals surface area contributed by atoms with Crippen LogP contribution in [-0.2, 0) is 6.54 Å². The van der Waals surface area contributed by atoms with E-state index < -0.39 is 0 Å². The average Bonchev–Trinajstić information content (AvgIpc) is 2.32. The number of aromatic hydroxyl groups is 1. The molecule has 4 heteroatoms. The van der Waals surface area contributed by atoms with Crippen LogP contribution in [-0.4, -0.2) is 48.6 Å². The molecule has 1 aromatic rings. The van der Waals surface area contributed by atoms with Crippen LogP contribution in [0, 0.1) is 0 Å². The molecule has 0 aliphatic carbocycles. The third-order valence-corrected chi connectivity index (χ3v) is 3.25. The summed E-state index contributed by atoms with van der Waals surface area (Å²) in [5.74, 6) is 0.149. The van der Waals surface area contributed by atoms with E-state index in [1.54, 1.807) is 6.07 Å². The minimum atomic E-state index is 0.149. The van der Waals surface area contributed by atoms with Gasteiger partial charge in [0, 0.05) is 6.54 Å². The van der Waals surface area contributed by atoms with Crippen molar-refractivity contribution in [2.75, 3.05) is 33.7 Å². The van der Waals surface area contributed by atoms with Crippen molar-refractivity contribution in [3.05, 3.63) is 28.8 Å². The first-order valence-corrected chi connectivity index (χ1v) is 6.75. The second kappa shape index (κ2) is 7.62. The van der Waals surface area contributed by atoms with Crippen LogP contribution >= 0.6 is 11.6 Å². The van der Waals surface area contributed by atoms with Gasteiger partial charge < -0.3 is 10.0 Å². The Balaban J connectivity index is 2.49. The molecule has 0 heterocycles. The largest absolute Gasteiger partial charge is 0.506 e. The summed E-state index contributed by atoms with van der Waals surface area (Å²) in [4.78, 5) is 4.58. The molecule has 3 nitrogen and oxygen atoms in total. The zero-order valence-corrected chi connectivity index (χ0v) is 12.2. The monoisotopic (exact) mass is 270 g/mol. The predicted octanol–water partition coefficient (Wildman–Crippen LogP) is 2.82. The molecule has 1 N–H and O–H groups in total. The fourth-order valence-corrected chi connectivity index (χ4v) is 2.07. The molecule has 0 aliphatic heterocycles. The Labute approximate surface area is 115 Å². The Morgan fingerprint density at radius 1 is 1.22 bits per heavy atom. The number of phenolic OH excluding ortho intramolecular Hbond substituents is 1. The third-order valence-electron chi connectivity index (χ3n) is 2.95. The van der Waals surface area contributed by atoms with Crippen LogP contribution in [0.2, 0.25) is 5.02 Å². The number of phenols is 1. The fraction of sp³-hybridized carbons (Fsp3) is 0.571. The van der Waals surface area contributed by atoms with Crippen LogP contribution in [0.3, 0.4) is 0 Å². The van der Waals surface area contributed by atoms with Crippen molar-refractivity contribution in [1.29, 1.82) is 0 Å². The molecule has 0 aromatic heterocycles. The first-order valence-electron chi connectivity index (χ1n) is 6.37. The maximum Gasteiger partial charge on any atom is 0.134 e. The van der Waals surface area contributed by atoms with Crippen LogP contribution < -0.4 is 0 Å². The van der Waals surface area contributed by atoms with Crippen molar-refractivity contribution in [1.82, 2.24) is 9.80 Å². The highest BCUT2D eigenvalue weighted by Gasteiger charge is 2.06. The molecule has 0 spiro atoms. The van der Waals surface area contributed by atoms with Crippen LogP contribution in [0.25, 0.3) is 0 Å². The van der Waals surface area contributed by atoms with Gasteiger partial charge in [0.05, 0.1) is 5.02 Å². The van der Waals surface area contributed by atoms with Crippen LogP contribution in [0.5, 0.6) is 5.75 Å². The number of hydrogen-bond acceptors (Lipinski definition) is 3. The lowest BCUT2D eigenvalue weighted by atomic mass is 10.2. The molecule has 18 heavy (non-hydrogen) atoms. The molecule has 0 unspecified atom stereocenters. The molecule has 0 fully saturated rings. The van der Waals surface area contributed by atoms with Gasteiger partial charge in [-0.05, 0) is 57.8 Å². The van der Waals surface area contributed by atoms with Gasteiger partial charge in [-0.1, -0.05) is 24.6 Å². The summed E-state index contributed by atoms with van der Waals surface area (Å²) >= 11 is 5.91. The molecule has 0 aliphatic rings. The van der Waals surface area contributed by atoms with E-state index >= 15 is 0 Å². The van der Waals surface area contributed by atoms with Gasteiger partial charge in [0.1, 0.15) is 5.75 Å². The Morgan fingerprint density at radius 2 is 1.94 bits per heavy atom. The Morgan fingerprint density at radius 3 is 2.50 bits per heavy atom. The average molecular weight is 271 g/mol. The molecular weight excluding hydrogens is 248 g/mol. The Bertz CT molecular complexity index is 369. The summed E-state index contributed by atoms with van der Waals surface area (Å²) in [6.45, 7) is 6.24. The molecule has 0 amide bonds. The highest BCUT2D eigenvalue weighted by Crippen LogP contribution is 2.24. The molecule has 1 rings (SSSR count). The van der Waals surface area contributed by atoms with Gasteiger partial charge in [0.15, 0.2) is 0 Å². The molecule has 0 saturated carbocycles. The molecule has 0 radical (unpaired) electrons. The molecule has 0 atom stereocenters. The summed E-state index contributed by atoms with van der Waals surface area (Å²) in [6, 6.07) is 5.42. The Hall–Kier alpha value is -0.770. The summed E-state index contributed by atoms with van der Waals surface area (Å²) in [7, 11) is 4.19. The quantitative estimate of drug-likeness (QED) is 0.825. The summed E-state index contributed by atoms with van der Waals surface area (Å²) in [5, 5.41) is 9.81. The number of rotatable bonds is 7. The fourth-order valence-electron chi connectivity index (χ4n) is 1.87. The molecule has 0 saturated heterocycles. The first-order chi connectivity index (χ1) is 8.52. The molecular formula is C14H23ClN2O. The lowest BCUT2D eigenvalue weighted by Gasteiger charge is -2.21. The van der Waals surface area contributed by atoms with E-state index in [2.05, 4.69) is 30.8 Å². The standard InChI is InChI=1S/C14H23ClN2O/c1-4-17(9-5-8-16(2)3)11-12-6-7-14(18)13(15)10-12/h6-7,10,18H,4-5,8-9,11H2,1-3H3. The first kappa shape index (κ1) is 15.3. The minimum absolute atomic E-state index is 0.149. The van der Waals surface area contributed by atoms with Crippen LogP contribution in [0.4, 0.5) is 0 Å². The van der Waals surface area contributed by atoms with Crippen molar-refractivity contribution in [2.24, 2.45) is 0 Å². The van der Waals surface area contributed by atoms with E-state index in [-0.39, 0.29) is 5.75 Å². The zero-order valence-electron chi connectivity index (χ0n) is 11.5. The molecule has 102 valence electrons. The smallest absolute Gasteiger partial charge is 0.134 e. The number of halogens is 1. The van der Waals surface area contributed by atoms with E-state index in [4.69, 9.17) is 11.6 Å². The topological polar surface area (TPSA) is 26.7 Å². The van der Waals surface area contributed by atoms with Crippen molar-refractivity contribution >= 4 is 11.6 Å². The normalized spacial score (nSPS) is 11.4. The van der Waals surface area contributed by atoms with Gasteiger partial charge in [-0.25, -0.2) is 0 Å². The minimum Gasteiger partial charge on any atom is -0.506 e. The van der Waals surface area contributed by atoms with Crippen molar-refractivity contribution < 1.29 is 5.11 Å². The highest BCUT2D eigenvalue weighted by atomic mass is 35.5. The third kappa shape index (κ3) is 5.25. The van der Waals surface area contributed by atoms with Gasteiger partial charge in [0.25, 0.3) is 0 Å². The predicted molar refractivity (Wildman–Crippen MR) is 77.2 cm³/mol. The van der Waals surface area contributed by atoms with Gasteiger partial charge in [-0.2, -0.15) is 0 Å². The van der Waals surface area contributed by atoms with E-state index in [1.165, 1.54) is 0 Å². The summed E-state index contributed by atoms with van der Waals surface area (Å²) in [5.41, 5.74) is 1.14. The van der Waals surface area contributed by atoms with E-state index in [0.717, 1.165) is 38.2 Å². The van der Waals surface area contributed by atoms with Crippen LogP contribution in [0.15, 0.2) is 18.2 Å². The van der Waals surface area contributed by atoms with Crippen molar-refractivity contribution in [2.45, 2.75) is 19.9 Å². The van der Waals surface area contributed by atoms with Gasteiger partial charge in [0.2, 0.25) is 0 Å². The summed E-state index contributed by atoms with van der Waals surface area (Å²) in [6.07, 6.45) is 1.16. The summed E-state index contributed by atoms with van der Waals surface area (Å²) < 4.78 is 0. The lowest BCUT2D eigenvalue weighted by molar-refractivity contribution is 0.259. The maximum atomic E-state index is 9.39. The number of benzene rings is 1. The van der Waals surface area contributed by atoms with Crippen molar-refractivity contribution in [3.8, 4) is 5.75 Å². The van der Waals surface area contributed by atoms with Crippen molar-refractivity contribution in [3.63, 3.8) is 0 Å². The maximum absolute atomic E-state index is 9.39. The molecule has 0 bridgehead atoms. The van der Waals surface area contributed by atoms with Gasteiger partial charge in [-0.15, -0.1) is 0 Å². The molecule has 1 aromatic carbocycles. The lowest BCUT2D eigenvalue weighted by Crippen LogP contribution is -2.26. The van der Waals surface area contributed by atoms with E-state index in [1.807, 2.05) is 12.1 Å². The Kier molecular flexibility index (Phi) is 6.47. The second-order valence-electron chi connectivity index (χ2n) is 4.81. The zero-order chi connectivity index (χ0) is 13.5. The van der Waals surface area contributed by atoms with Gasteiger partial charge >= 0.3 is 0 Å². The van der Waals surface area contributed by atoms with E-state index in [9.17, 15) is 5.11 Å². The van der Waals surface area contributed by atoms with E-state index in [0.29, 0.717) is 5.02 Å². The van der Waals surface area contributed by atoms with Crippen LogP contribution in [0.1, 0.15) is 18.9 Å². The second-order valence-corrected chi connectivity index (χ2v) is 5.22. The SMILES string of the molecule is CCN(CCCN(C)C)Cc1ccc(O)c(Cl)c1. The highest BCUT2D eigenvalue weighted by molar-refractivity contribution is 6.32. The number of nitrogens with zero attached hydrogens (tertiary/aromatic N) is 2. The van der Waals surface area contributed by atoms with Gasteiger partial charge in [-0.3, -0.25) is 4.90 Å². The number of hydrogen-bond donors (Lipinski definition) is 1.